The molecule has 0 amide bonds. The molecule has 0 rings (SSSR count). The Bertz CT molecular complexity index is 1010. The summed E-state index contributed by atoms with van der Waals surface area (Å²) in [4.78, 5) is 37.5. The number of allylic oxidation sites excluding steroid dienone is 4. The quantitative estimate of drug-likeness (QED) is 0.0197. The highest BCUT2D eigenvalue weighted by Gasteiger charge is 2.21. The van der Waals surface area contributed by atoms with Gasteiger partial charge in [-0.1, -0.05) is 173 Å². The van der Waals surface area contributed by atoms with Crippen molar-refractivity contribution in [1.82, 2.24) is 0 Å². The third kappa shape index (κ3) is 42.1. The van der Waals surface area contributed by atoms with Crippen LogP contribution in [0.5, 0.6) is 0 Å². The molecule has 2 atom stereocenters. The van der Waals surface area contributed by atoms with Gasteiger partial charge in [0.05, 0.1) is 27.7 Å². The molecule has 0 aliphatic carbocycles. The molecular formula is C46H88NO8P. The maximum absolute atomic E-state index is 12.7. The van der Waals surface area contributed by atoms with E-state index in [1.54, 1.807) is 0 Å². The Morgan fingerprint density at radius 2 is 0.964 bits per heavy atom. The summed E-state index contributed by atoms with van der Waals surface area (Å²) in [5, 5.41) is 0. The van der Waals surface area contributed by atoms with Gasteiger partial charge < -0.3 is 27.9 Å². The van der Waals surface area contributed by atoms with Crippen LogP contribution in [0.25, 0.3) is 0 Å². The lowest BCUT2D eigenvalue weighted by Crippen LogP contribution is -2.37. The van der Waals surface area contributed by atoms with Gasteiger partial charge in [-0.2, -0.15) is 0 Å². The van der Waals surface area contributed by atoms with E-state index in [-0.39, 0.29) is 32.0 Å². The maximum Gasteiger partial charge on any atom is 0.306 e. The molecule has 9 nitrogen and oxygen atoms in total. The zero-order chi connectivity index (χ0) is 41.4. The summed E-state index contributed by atoms with van der Waals surface area (Å²) in [6.07, 6.45) is 42.0. The van der Waals surface area contributed by atoms with E-state index in [2.05, 4.69) is 38.2 Å². The third-order valence-electron chi connectivity index (χ3n) is 9.97. The second kappa shape index (κ2) is 39.0. The van der Waals surface area contributed by atoms with Gasteiger partial charge in [0.1, 0.15) is 19.8 Å². The van der Waals surface area contributed by atoms with Gasteiger partial charge >= 0.3 is 11.9 Å². The van der Waals surface area contributed by atoms with Crippen molar-refractivity contribution in [2.24, 2.45) is 0 Å². The second-order valence-electron chi connectivity index (χ2n) is 16.8. The number of esters is 2. The fourth-order valence-corrected chi connectivity index (χ4v) is 7.06. The van der Waals surface area contributed by atoms with Crippen LogP contribution in [0, 0.1) is 0 Å². The molecule has 0 aromatic rings. The molecular weight excluding hydrogens is 725 g/mol. The van der Waals surface area contributed by atoms with E-state index in [4.69, 9.17) is 18.5 Å². The SMILES string of the molecule is CCCCC/C=C\C/C=C\CCCCCCCCCCCC(=O)OC[C@H](COP(=O)([O-])OCC[N+](C)(C)C)OC(=O)CCCCCCCCCCCCCCC. The summed E-state index contributed by atoms with van der Waals surface area (Å²) in [5.74, 6) is -0.832. The van der Waals surface area contributed by atoms with Crippen molar-refractivity contribution >= 4 is 19.8 Å². The minimum Gasteiger partial charge on any atom is -0.756 e. The highest BCUT2D eigenvalue weighted by Crippen LogP contribution is 2.38. The number of ether oxygens (including phenoxy) is 2. The molecule has 10 heteroatoms. The molecule has 0 aromatic carbocycles. The molecule has 330 valence electrons. The summed E-state index contributed by atoms with van der Waals surface area (Å²) in [6.45, 7) is 4.21. The Labute approximate surface area is 345 Å². The number of quaternary nitrogens is 1. The highest BCUT2D eigenvalue weighted by atomic mass is 31.2. The van der Waals surface area contributed by atoms with Crippen molar-refractivity contribution in [1.29, 1.82) is 0 Å². The minimum atomic E-state index is -4.62. The summed E-state index contributed by atoms with van der Waals surface area (Å²) in [7, 11) is 1.17. The molecule has 0 N–H and O–H groups in total. The molecule has 0 aliphatic rings. The number of phosphoric acid groups is 1. The van der Waals surface area contributed by atoms with Crippen LogP contribution in [0.4, 0.5) is 0 Å². The van der Waals surface area contributed by atoms with Gasteiger partial charge in [0.15, 0.2) is 6.10 Å². The van der Waals surface area contributed by atoms with E-state index in [1.165, 1.54) is 135 Å². The topological polar surface area (TPSA) is 111 Å². The molecule has 0 saturated carbocycles. The smallest absolute Gasteiger partial charge is 0.306 e. The van der Waals surface area contributed by atoms with Gasteiger partial charge in [0.2, 0.25) is 0 Å². The van der Waals surface area contributed by atoms with Gasteiger partial charge in [-0.15, -0.1) is 0 Å². The Kier molecular flexibility index (Phi) is 37.9. The van der Waals surface area contributed by atoms with Gasteiger partial charge in [0.25, 0.3) is 7.82 Å². The van der Waals surface area contributed by atoms with Crippen molar-refractivity contribution in [3.05, 3.63) is 24.3 Å². The van der Waals surface area contributed by atoms with Crippen LogP contribution in [0.2, 0.25) is 0 Å². The lowest BCUT2D eigenvalue weighted by molar-refractivity contribution is -0.870. The fraction of sp³-hybridized carbons (Fsp3) is 0.870. The summed E-state index contributed by atoms with van der Waals surface area (Å²) in [6, 6.07) is 0. The Hall–Kier alpha value is -1.51. The molecule has 0 bridgehead atoms. The average molecular weight is 814 g/mol. The summed E-state index contributed by atoms with van der Waals surface area (Å²) >= 11 is 0. The van der Waals surface area contributed by atoms with Crippen molar-refractivity contribution in [2.75, 3.05) is 47.5 Å². The number of unbranched alkanes of at least 4 members (excludes halogenated alkanes) is 24. The summed E-state index contributed by atoms with van der Waals surface area (Å²) in [5.41, 5.74) is 0. The van der Waals surface area contributed by atoms with Crippen LogP contribution in [-0.2, 0) is 32.7 Å². The van der Waals surface area contributed by atoms with Gasteiger partial charge in [-0.05, 0) is 44.9 Å². The number of hydrogen-bond acceptors (Lipinski definition) is 8. The highest BCUT2D eigenvalue weighted by molar-refractivity contribution is 7.45. The Morgan fingerprint density at radius 1 is 0.554 bits per heavy atom. The first-order chi connectivity index (χ1) is 27.0. The van der Waals surface area contributed by atoms with Gasteiger partial charge in [-0.25, -0.2) is 0 Å². The van der Waals surface area contributed by atoms with E-state index in [0.717, 1.165) is 38.5 Å². The third-order valence-corrected chi connectivity index (χ3v) is 10.9. The molecule has 0 spiro atoms. The lowest BCUT2D eigenvalue weighted by atomic mass is 10.0. The number of rotatable bonds is 42. The lowest BCUT2D eigenvalue weighted by Gasteiger charge is -2.28. The maximum atomic E-state index is 12.7. The van der Waals surface area contributed by atoms with Crippen molar-refractivity contribution in [2.45, 2.75) is 213 Å². The zero-order valence-corrected chi connectivity index (χ0v) is 38.0. The van der Waals surface area contributed by atoms with Crippen LogP contribution in [0.1, 0.15) is 206 Å². The predicted octanol–water partition coefficient (Wildman–Crippen LogP) is 12.5. The molecule has 0 aromatic heterocycles. The monoisotopic (exact) mass is 814 g/mol. The average Bonchev–Trinajstić information content (AvgIpc) is 3.15. The summed E-state index contributed by atoms with van der Waals surface area (Å²) < 4.78 is 33.9. The Balaban J connectivity index is 4.28. The van der Waals surface area contributed by atoms with Crippen LogP contribution in [0.15, 0.2) is 24.3 Å². The molecule has 0 radical (unpaired) electrons. The first kappa shape index (κ1) is 54.5. The first-order valence-corrected chi connectivity index (χ1v) is 24.5. The van der Waals surface area contributed by atoms with E-state index in [0.29, 0.717) is 17.4 Å². The zero-order valence-electron chi connectivity index (χ0n) is 37.1. The van der Waals surface area contributed by atoms with Crippen molar-refractivity contribution in [3.63, 3.8) is 0 Å². The molecule has 1 unspecified atom stereocenters. The first-order valence-electron chi connectivity index (χ1n) is 23.0. The van der Waals surface area contributed by atoms with Crippen LogP contribution >= 0.6 is 7.82 Å². The van der Waals surface area contributed by atoms with Crippen molar-refractivity contribution < 1.29 is 42.1 Å². The normalized spacial score (nSPS) is 13.8. The predicted molar refractivity (Wildman–Crippen MR) is 231 cm³/mol. The second-order valence-corrected chi connectivity index (χ2v) is 18.2. The number of carbonyl (C=O) groups excluding carboxylic acids is 2. The molecule has 0 heterocycles. The van der Waals surface area contributed by atoms with Crippen LogP contribution < -0.4 is 4.89 Å². The van der Waals surface area contributed by atoms with Crippen LogP contribution in [0.3, 0.4) is 0 Å². The Morgan fingerprint density at radius 3 is 1.45 bits per heavy atom. The standard InChI is InChI=1S/C46H88NO8P/c1-6-8-10-12-14-16-18-20-21-22-23-24-25-27-28-30-32-34-36-38-45(48)52-42-44(43-54-56(50,51)53-41-40-47(3,4)5)55-46(49)39-37-35-33-31-29-26-19-17-15-13-11-9-7-2/h14,16,20-21,44H,6-13,15,17-19,22-43H2,1-5H3/b16-14-,21-20-/t44-/m1/s1. The molecule has 0 aliphatic heterocycles. The molecule has 0 saturated heterocycles. The number of nitrogens with zero attached hydrogens (tertiary/aromatic N) is 1. The van der Waals surface area contributed by atoms with Gasteiger partial charge in [0, 0.05) is 12.8 Å². The number of phosphoric ester groups is 1. The number of hydrogen-bond donors (Lipinski definition) is 0. The van der Waals surface area contributed by atoms with Crippen LogP contribution in [-0.4, -0.2) is 70.0 Å². The number of carbonyl (C=O) groups is 2. The molecule has 0 fully saturated rings. The van der Waals surface area contributed by atoms with E-state index in [1.807, 2.05) is 21.1 Å². The van der Waals surface area contributed by atoms with E-state index in [9.17, 15) is 19.0 Å². The van der Waals surface area contributed by atoms with Gasteiger partial charge in [-0.3, -0.25) is 14.2 Å². The fourth-order valence-electron chi connectivity index (χ4n) is 6.33. The minimum absolute atomic E-state index is 0.0294. The van der Waals surface area contributed by atoms with E-state index < -0.39 is 26.5 Å². The van der Waals surface area contributed by atoms with Crippen molar-refractivity contribution in [3.8, 4) is 0 Å². The number of likely N-dealkylation sites (N-methyl/N-ethyl adjacent to an activating group) is 1. The largest absolute Gasteiger partial charge is 0.756 e. The molecule has 56 heavy (non-hydrogen) atoms. The van der Waals surface area contributed by atoms with E-state index >= 15 is 0 Å².